The molecule has 3 aromatic heterocycles. The summed E-state index contributed by atoms with van der Waals surface area (Å²) in [6.45, 7) is 29.6. The molecule has 0 unspecified atom stereocenters. The fraction of sp³-hybridized carbons (Fsp3) is 0.229. The maximum absolute atomic E-state index is 6.85. The van der Waals surface area contributed by atoms with Crippen molar-refractivity contribution in [2.45, 2.75) is 105 Å². The Hall–Kier alpha value is -7.40. The van der Waals surface area contributed by atoms with Crippen LogP contribution in [-0.4, -0.2) is 14.1 Å². The number of aromatic nitrogens is 3. The van der Waals surface area contributed by atoms with Crippen LogP contribution in [0.25, 0.3) is 66.2 Å². The van der Waals surface area contributed by atoms with Crippen LogP contribution < -0.4 is 14.5 Å². The van der Waals surface area contributed by atoms with E-state index in [9.17, 15) is 0 Å². The first-order chi connectivity index (χ1) is 36.2. The minimum Gasteiger partial charge on any atom is -0.509 e. The largest absolute Gasteiger partial charge is 0.509 e. The minimum atomic E-state index is -0.0739. The summed E-state index contributed by atoms with van der Waals surface area (Å²) < 4.78 is 11.5. The molecule has 1 aliphatic rings. The third kappa shape index (κ3) is 9.43. The van der Waals surface area contributed by atoms with E-state index in [-0.39, 0.29) is 42.7 Å². The van der Waals surface area contributed by atoms with Gasteiger partial charge in [-0.1, -0.05) is 161 Å². The van der Waals surface area contributed by atoms with Crippen molar-refractivity contribution in [3.63, 3.8) is 0 Å². The van der Waals surface area contributed by atoms with Gasteiger partial charge in [0.25, 0.3) is 0 Å². The molecule has 0 bridgehead atoms. The normalized spacial score (nSPS) is 13.2. The topological polar surface area (TPSA) is 38.5 Å². The van der Waals surface area contributed by atoms with Gasteiger partial charge < -0.3 is 23.7 Å². The van der Waals surface area contributed by atoms with E-state index in [1.807, 2.05) is 18.3 Å². The van der Waals surface area contributed by atoms with Gasteiger partial charge >= 0.3 is 0 Å². The molecule has 0 amide bonds. The van der Waals surface area contributed by atoms with Crippen molar-refractivity contribution in [1.29, 1.82) is 0 Å². The monoisotopic (exact) mass is 1190 g/mol. The van der Waals surface area contributed by atoms with Gasteiger partial charge in [-0.2, -0.15) is 12.1 Å². The summed E-state index contributed by atoms with van der Waals surface area (Å²) in [5.41, 5.74) is 16.8. The van der Waals surface area contributed by atoms with E-state index >= 15 is 0 Å². The van der Waals surface area contributed by atoms with E-state index in [1.54, 1.807) is 0 Å². The van der Waals surface area contributed by atoms with Gasteiger partial charge in [-0.15, -0.1) is 48.1 Å². The maximum atomic E-state index is 6.85. The third-order valence-corrected chi connectivity index (χ3v) is 15.3. The van der Waals surface area contributed by atoms with Crippen LogP contribution in [0.1, 0.15) is 105 Å². The summed E-state index contributed by atoms with van der Waals surface area (Å²) in [4.78, 5) is 9.61. The zero-order valence-corrected chi connectivity index (χ0v) is 48.6. The fourth-order valence-corrected chi connectivity index (χ4v) is 10.8. The number of benzene rings is 8. The molecular formula is C70H66N5OPt-3. The van der Waals surface area contributed by atoms with E-state index < -0.39 is 0 Å². The van der Waals surface area contributed by atoms with Crippen LogP contribution in [0.3, 0.4) is 0 Å². The van der Waals surface area contributed by atoms with Crippen LogP contribution in [0.4, 0.5) is 22.7 Å². The Morgan fingerprint density at radius 3 is 1.70 bits per heavy atom. The van der Waals surface area contributed by atoms with Crippen molar-refractivity contribution in [2.75, 3.05) is 9.80 Å². The molecule has 0 saturated carbocycles. The number of hydrogen-bond donors (Lipinski definition) is 0. The van der Waals surface area contributed by atoms with Crippen LogP contribution in [0.2, 0.25) is 0 Å². The number of anilines is 4. The molecule has 0 radical (unpaired) electrons. The Morgan fingerprint density at radius 2 is 1.03 bits per heavy atom. The van der Waals surface area contributed by atoms with Gasteiger partial charge in [0.15, 0.2) is 0 Å². The minimum absolute atomic E-state index is 0. The SMILES string of the molecule is CC(C)(C)c1cccc(-c2ccc3c(c2)N(c2cc(C(C)(C)C)cc(C(C)(C)C)c2)[CH-]N3c2[c-]c(Oc3[c-]c4c(cc3)c3cc(-n5c6ccccc6c6ccccc65)ccc3n4-c3cc(C(C)(C)C)ccn3)ccc2)c1.[Pt]. The fourth-order valence-electron chi connectivity index (χ4n) is 10.8. The smallest absolute Gasteiger partial charge is 0.135 e. The Kier molecular flexibility index (Phi) is 12.7. The molecular weight excluding hydrogens is 1120 g/mol. The van der Waals surface area contributed by atoms with E-state index in [0.29, 0.717) is 11.5 Å². The van der Waals surface area contributed by atoms with Crippen LogP contribution in [0.5, 0.6) is 11.5 Å². The average Bonchev–Trinajstić information content (AvgIpc) is 4.06. The van der Waals surface area contributed by atoms with Crippen molar-refractivity contribution < 1.29 is 25.8 Å². The second-order valence-electron chi connectivity index (χ2n) is 24.8. The molecule has 11 aromatic rings. The summed E-state index contributed by atoms with van der Waals surface area (Å²) in [6.07, 6.45) is 1.92. The van der Waals surface area contributed by atoms with Gasteiger partial charge in [0.1, 0.15) is 5.82 Å². The van der Waals surface area contributed by atoms with E-state index in [2.05, 4.69) is 279 Å². The molecule has 4 heterocycles. The van der Waals surface area contributed by atoms with Gasteiger partial charge in [0, 0.05) is 77.8 Å². The maximum Gasteiger partial charge on any atom is 0.135 e. The number of ether oxygens (including phenoxy) is 1. The van der Waals surface area contributed by atoms with Crippen molar-refractivity contribution in [3.05, 3.63) is 217 Å². The summed E-state index contributed by atoms with van der Waals surface area (Å²) in [5, 5.41) is 4.63. The van der Waals surface area contributed by atoms with Gasteiger partial charge in [0.2, 0.25) is 0 Å². The molecule has 0 fully saturated rings. The molecule has 7 heteroatoms. The number of hydrogen-bond acceptors (Lipinski definition) is 4. The summed E-state index contributed by atoms with van der Waals surface area (Å²) in [6, 6.07) is 69.1. The number of pyridine rings is 1. The van der Waals surface area contributed by atoms with Crippen LogP contribution in [-0.2, 0) is 42.7 Å². The Labute approximate surface area is 469 Å². The first kappa shape index (κ1) is 51.7. The van der Waals surface area contributed by atoms with Crippen LogP contribution in [0.15, 0.2) is 176 Å². The van der Waals surface area contributed by atoms with Gasteiger partial charge in [-0.3, -0.25) is 0 Å². The molecule has 390 valence electrons. The number of fused-ring (bicyclic) bond motifs is 7. The zero-order chi connectivity index (χ0) is 53.1. The van der Waals surface area contributed by atoms with Crippen LogP contribution in [0, 0.1) is 18.8 Å². The number of para-hydroxylation sites is 2. The molecule has 6 nitrogen and oxygen atoms in total. The molecule has 0 saturated heterocycles. The molecule has 12 rings (SSSR count). The van der Waals surface area contributed by atoms with Crippen LogP contribution >= 0.6 is 0 Å². The number of rotatable bonds is 7. The molecule has 0 spiro atoms. The first-order valence-electron chi connectivity index (χ1n) is 26.7. The van der Waals surface area contributed by atoms with Gasteiger partial charge in [-0.25, -0.2) is 4.98 Å². The Balaban J connectivity index is 0.00000631. The number of nitrogens with zero attached hydrogens (tertiary/aromatic N) is 5. The average molecular weight is 1190 g/mol. The van der Waals surface area contributed by atoms with Crippen molar-refractivity contribution in [1.82, 2.24) is 14.1 Å². The molecule has 0 N–H and O–H groups in total. The summed E-state index contributed by atoms with van der Waals surface area (Å²) in [5.74, 6) is 2.01. The van der Waals surface area contributed by atoms with Crippen molar-refractivity contribution in [3.8, 4) is 34.1 Å². The predicted octanol–water partition coefficient (Wildman–Crippen LogP) is 18.9. The Bertz CT molecular complexity index is 3990. The van der Waals surface area contributed by atoms with Crippen molar-refractivity contribution in [2.24, 2.45) is 0 Å². The van der Waals surface area contributed by atoms with Gasteiger partial charge in [0.05, 0.1) is 11.0 Å². The van der Waals surface area contributed by atoms with E-state index in [1.165, 1.54) is 55.2 Å². The zero-order valence-electron chi connectivity index (χ0n) is 46.3. The molecule has 77 heavy (non-hydrogen) atoms. The molecule has 8 aromatic carbocycles. The second kappa shape index (κ2) is 19.0. The predicted molar refractivity (Wildman–Crippen MR) is 319 cm³/mol. The third-order valence-electron chi connectivity index (χ3n) is 15.3. The standard InChI is InChI=1S/C70H66N5O.Pt/c1-67(2,3)47-20-17-19-45(35-47)46-27-31-63-65(36-46)73(53-38-49(69(7,8)9)37-50(39-53)70(10,11)12)44-72(63)51-21-18-22-54(41-51)76-55-29-30-58-59-42-52(74-60-25-15-13-23-56(60)57-24-14-16-26-61(57)74)28-32-62(59)75(64(58)43-55)66-40-48(33-34-71-66)68(4,5)6;/h13-40,42,44H,1-12H3;/q-3;. The second-order valence-corrected chi connectivity index (χ2v) is 24.8. The molecule has 1 aliphatic heterocycles. The molecule has 0 atom stereocenters. The van der Waals surface area contributed by atoms with E-state index in [4.69, 9.17) is 9.72 Å². The quantitative estimate of drug-likeness (QED) is 0.149. The van der Waals surface area contributed by atoms with E-state index in [0.717, 1.165) is 56.1 Å². The summed E-state index contributed by atoms with van der Waals surface area (Å²) in [7, 11) is 0. The summed E-state index contributed by atoms with van der Waals surface area (Å²) >= 11 is 0. The van der Waals surface area contributed by atoms with Crippen molar-refractivity contribution >= 4 is 66.4 Å². The van der Waals surface area contributed by atoms with Gasteiger partial charge in [-0.05, 0) is 127 Å². The molecule has 0 aliphatic carbocycles. The first-order valence-corrected chi connectivity index (χ1v) is 26.7. The Morgan fingerprint density at radius 1 is 0.416 bits per heavy atom.